The predicted octanol–water partition coefficient (Wildman–Crippen LogP) is 6.76. The van der Waals surface area contributed by atoms with Gasteiger partial charge in [0.1, 0.15) is 0 Å². The van der Waals surface area contributed by atoms with Crippen LogP contribution in [0.4, 0.5) is 5.69 Å². The van der Waals surface area contributed by atoms with Crippen LogP contribution in [0.2, 0.25) is 0 Å². The number of fused-ring (bicyclic) bond motifs is 1. The van der Waals surface area contributed by atoms with E-state index in [0.717, 1.165) is 47.4 Å². The predicted molar refractivity (Wildman–Crippen MR) is 137 cm³/mol. The third-order valence-corrected chi connectivity index (χ3v) is 5.93. The van der Waals surface area contributed by atoms with Gasteiger partial charge in [0, 0.05) is 36.5 Å². The summed E-state index contributed by atoms with van der Waals surface area (Å²) in [6, 6.07) is 22.8. The maximum absolute atomic E-state index is 12.9. The van der Waals surface area contributed by atoms with Crippen LogP contribution >= 0.6 is 0 Å². The van der Waals surface area contributed by atoms with E-state index in [1.807, 2.05) is 71.4 Å². The quantitative estimate of drug-likeness (QED) is 0.147. The molecule has 0 fully saturated rings. The van der Waals surface area contributed by atoms with Crippen LogP contribution in [0.1, 0.15) is 29.6 Å². The maximum Gasteiger partial charge on any atom is 0.187 e. The first-order valence-corrected chi connectivity index (χ1v) is 11.6. The van der Waals surface area contributed by atoms with E-state index >= 15 is 0 Å². The number of aryl methyl sites for hydroxylation is 1. The molecule has 0 radical (unpaired) electrons. The summed E-state index contributed by atoms with van der Waals surface area (Å²) in [5, 5.41) is 0. The minimum Gasteiger partial charge on any atom is -0.337 e. The van der Waals surface area contributed by atoms with Crippen molar-refractivity contribution in [2.24, 2.45) is 0 Å². The van der Waals surface area contributed by atoms with Gasteiger partial charge in [-0.25, -0.2) is 19.8 Å². The molecular formula is C29H23N5O. The van der Waals surface area contributed by atoms with Gasteiger partial charge in [0.25, 0.3) is 0 Å². The normalized spacial score (nSPS) is 10.8. The molecule has 0 spiro atoms. The van der Waals surface area contributed by atoms with E-state index in [-0.39, 0.29) is 5.78 Å². The third-order valence-electron chi connectivity index (χ3n) is 5.93. The Labute approximate surface area is 203 Å². The molecule has 35 heavy (non-hydrogen) atoms. The molecule has 170 valence electrons. The highest BCUT2D eigenvalue weighted by Crippen LogP contribution is 2.32. The molecule has 0 saturated heterocycles. The summed E-state index contributed by atoms with van der Waals surface area (Å²) in [6.45, 7) is 8.07. The molecular weight excluding hydrogens is 434 g/mol. The molecule has 0 N–H and O–H groups in total. The fourth-order valence-electron chi connectivity index (χ4n) is 4.06. The van der Waals surface area contributed by atoms with Gasteiger partial charge in [-0.2, -0.15) is 0 Å². The van der Waals surface area contributed by atoms with Crippen molar-refractivity contribution < 1.29 is 4.79 Å². The van der Waals surface area contributed by atoms with Gasteiger partial charge in [0.05, 0.1) is 35.3 Å². The van der Waals surface area contributed by atoms with Crippen molar-refractivity contribution in [3.8, 4) is 22.5 Å². The molecule has 0 atom stereocenters. The Bertz CT molecular complexity index is 1500. The number of unbranched alkanes of at least 4 members (excludes halogenated alkanes) is 1. The molecule has 0 aliphatic heterocycles. The van der Waals surface area contributed by atoms with Gasteiger partial charge in [-0.1, -0.05) is 54.6 Å². The number of aromatic nitrogens is 4. The van der Waals surface area contributed by atoms with Crippen molar-refractivity contribution in [2.75, 3.05) is 0 Å². The van der Waals surface area contributed by atoms with E-state index in [2.05, 4.69) is 9.83 Å². The Hall–Kier alpha value is -4.63. The van der Waals surface area contributed by atoms with E-state index in [1.54, 1.807) is 24.7 Å². The lowest BCUT2D eigenvalue weighted by molar-refractivity contribution is 0.0979. The lowest BCUT2D eigenvalue weighted by atomic mass is 10.0. The minimum atomic E-state index is 0.111. The first kappa shape index (κ1) is 22.2. The molecule has 2 aromatic heterocycles. The second-order valence-corrected chi connectivity index (χ2v) is 8.33. The summed E-state index contributed by atoms with van der Waals surface area (Å²) in [6.07, 6.45) is 7.71. The number of ketones is 1. The molecule has 0 amide bonds. The zero-order valence-electron chi connectivity index (χ0n) is 19.1. The number of hydrogen-bond donors (Lipinski definition) is 0. The fraction of sp³-hybridized carbons (Fsp3) is 0.138. The molecule has 3 aromatic carbocycles. The average molecular weight is 458 g/mol. The van der Waals surface area contributed by atoms with Gasteiger partial charge in [-0.05, 0) is 36.6 Å². The lowest BCUT2D eigenvalue weighted by Gasteiger charge is -2.11. The van der Waals surface area contributed by atoms with Gasteiger partial charge in [0.15, 0.2) is 11.5 Å². The maximum atomic E-state index is 12.9. The Kier molecular flexibility index (Phi) is 6.40. The molecule has 6 heteroatoms. The van der Waals surface area contributed by atoms with Crippen LogP contribution in [0.25, 0.3) is 38.4 Å². The smallest absolute Gasteiger partial charge is 0.187 e. The molecule has 2 heterocycles. The van der Waals surface area contributed by atoms with Crippen LogP contribution in [-0.2, 0) is 6.54 Å². The highest BCUT2D eigenvalue weighted by Gasteiger charge is 2.15. The van der Waals surface area contributed by atoms with E-state index in [9.17, 15) is 4.79 Å². The Balaban J connectivity index is 1.45. The lowest BCUT2D eigenvalue weighted by Crippen LogP contribution is -2.02. The number of Topliss-reactive ketones (excluding diaryl/α,β-unsaturated/α-hetero) is 1. The number of hydrogen-bond acceptors (Lipinski definition) is 4. The van der Waals surface area contributed by atoms with E-state index in [1.165, 1.54) is 0 Å². The first-order valence-electron chi connectivity index (χ1n) is 11.6. The molecule has 0 aliphatic carbocycles. The molecule has 5 aromatic rings. The summed E-state index contributed by atoms with van der Waals surface area (Å²) in [4.78, 5) is 30.3. The Morgan fingerprint density at radius 1 is 0.857 bits per heavy atom. The monoisotopic (exact) mass is 457 g/mol. The number of benzene rings is 3. The first-order chi connectivity index (χ1) is 17.2. The van der Waals surface area contributed by atoms with Crippen LogP contribution in [-0.4, -0.2) is 25.3 Å². The minimum absolute atomic E-state index is 0.111. The standard InChI is InChI=1S/C29H23N5O/c1-30-24-13-10-22(11-14-24)29-28(21-7-3-2-4-8-21)33-26-19-23(12-15-25(26)32-29)27(35)9-5-6-17-34-18-16-31-20-34/h2-4,7-8,10-16,18-20H,5-6,9,17H2. The van der Waals surface area contributed by atoms with Crippen LogP contribution in [0.3, 0.4) is 0 Å². The van der Waals surface area contributed by atoms with Crippen LogP contribution in [0.5, 0.6) is 0 Å². The molecule has 6 nitrogen and oxygen atoms in total. The summed E-state index contributed by atoms with van der Waals surface area (Å²) in [5.41, 5.74) is 5.99. The van der Waals surface area contributed by atoms with Gasteiger partial charge >= 0.3 is 0 Å². The van der Waals surface area contributed by atoms with E-state index in [4.69, 9.17) is 16.5 Å². The third kappa shape index (κ3) is 4.99. The van der Waals surface area contributed by atoms with Crippen LogP contribution in [0, 0.1) is 6.57 Å². The molecule has 0 unspecified atom stereocenters. The van der Waals surface area contributed by atoms with Gasteiger partial charge < -0.3 is 4.57 Å². The van der Waals surface area contributed by atoms with Gasteiger partial charge in [0.2, 0.25) is 0 Å². The van der Waals surface area contributed by atoms with Crippen molar-refractivity contribution in [1.82, 2.24) is 19.5 Å². The number of rotatable bonds is 8. The fourth-order valence-corrected chi connectivity index (χ4v) is 4.06. The topological polar surface area (TPSA) is 65.0 Å². The summed E-state index contributed by atoms with van der Waals surface area (Å²) >= 11 is 0. The van der Waals surface area contributed by atoms with Crippen LogP contribution in [0.15, 0.2) is 91.5 Å². The summed E-state index contributed by atoms with van der Waals surface area (Å²) in [7, 11) is 0. The van der Waals surface area contributed by atoms with Crippen molar-refractivity contribution in [3.05, 3.63) is 108 Å². The van der Waals surface area contributed by atoms with Crippen molar-refractivity contribution in [3.63, 3.8) is 0 Å². The zero-order chi connectivity index (χ0) is 24.0. The largest absolute Gasteiger partial charge is 0.337 e. The molecule has 5 rings (SSSR count). The van der Waals surface area contributed by atoms with Gasteiger partial charge in [-0.15, -0.1) is 0 Å². The Morgan fingerprint density at radius 3 is 2.31 bits per heavy atom. The van der Waals surface area contributed by atoms with Crippen molar-refractivity contribution >= 4 is 22.5 Å². The van der Waals surface area contributed by atoms with Gasteiger partial charge in [-0.3, -0.25) is 4.79 Å². The number of nitrogens with zero attached hydrogens (tertiary/aromatic N) is 5. The molecule has 0 bridgehead atoms. The highest BCUT2D eigenvalue weighted by molar-refractivity contribution is 5.99. The molecule has 0 aliphatic rings. The summed E-state index contributed by atoms with van der Waals surface area (Å²) < 4.78 is 2.02. The number of imidazole rings is 1. The van der Waals surface area contributed by atoms with Crippen LogP contribution < -0.4 is 0 Å². The average Bonchev–Trinajstić information content (AvgIpc) is 3.44. The summed E-state index contributed by atoms with van der Waals surface area (Å²) in [5.74, 6) is 0.111. The number of carbonyl (C=O) groups excluding carboxylic acids is 1. The zero-order valence-corrected chi connectivity index (χ0v) is 19.1. The van der Waals surface area contributed by atoms with E-state index < -0.39 is 0 Å². The van der Waals surface area contributed by atoms with Crippen molar-refractivity contribution in [1.29, 1.82) is 0 Å². The molecule has 0 saturated carbocycles. The second-order valence-electron chi connectivity index (χ2n) is 8.33. The highest BCUT2D eigenvalue weighted by atomic mass is 16.1. The Morgan fingerprint density at radius 2 is 1.60 bits per heavy atom. The second kappa shape index (κ2) is 10.1. The van der Waals surface area contributed by atoms with Crippen molar-refractivity contribution in [2.45, 2.75) is 25.8 Å². The van der Waals surface area contributed by atoms with E-state index in [0.29, 0.717) is 23.2 Å². The number of carbonyl (C=O) groups is 1. The SMILES string of the molecule is [C-]#[N+]c1ccc(-c2nc3ccc(C(=O)CCCCn4ccnc4)cc3nc2-c2ccccc2)cc1.